The first-order valence-electron chi connectivity index (χ1n) is 9.48. The molecule has 1 unspecified atom stereocenters. The molecule has 0 saturated carbocycles. The SMILES string of the molecule is CCCCCCCC(=O)C(CCl)C(O)(O)C(=O)CCCCCCC. The maximum atomic E-state index is 12.2. The molecule has 0 fully saturated rings. The third-order valence-electron chi connectivity index (χ3n) is 4.47. The fraction of sp³-hybridized carbons (Fsp3) is 0.895. The van der Waals surface area contributed by atoms with Crippen LogP contribution in [0.3, 0.4) is 0 Å². The predicted molar refractivity (Wildman–Crippen MR) is 98.1 cm³/mol. The molecule has 0 rings (SSSR count). The van der Waals surface area contributed by atoms with E-state index in [4.69, 9.17) is 11.6 Å². The second-order valence-electron chi connectivity index (χ2n) is 6.65. The smallest absolute Gasteiger partial charge is 0.235 e. The summed E-state index contributed by atoms with van der Waals surface area (Å²) in [6.07, 6.45) is 10.0. The molecule has 0 aromatic rings. The minimum Gasteiger partial charge on any atom is -0.359 e. The van der Waals surface area contributed by atoms with Gasteiger partial charge in [0.25, 0.3) is 0 Å². The largest absolute Gasteiger partial charge is 0.359 e. The fourth-order valence-corrected chi connectivity index (χ4v) is 3.15. The van der Waals surface area contributed by atoms with E-state index in [2.05, 4.69) is 13.8 Å². The Hall–Kier alpha value is -0.450. The Balaban J connectivity index is 4.36. The van der Waals surface area contributed by atoms with Gasteiger partial charge in [0, 0.05) is 18.7 Å². The van der Waals surface area contributed by atoms with Crippen molar-refractivity contribution in [1.82, 2.24) is 0 Å². The average molecular weight is 363 g/mol. The lowest BCUT2D eigenvalue weighted by molar-refractivity contribution is -0.201. The van der Waals surface area contributed by atoms with Gasteiger partial charge in [0.05, 0.1) is 5.92 Å². The number of Topliss-reactive ketones (excluding diaryl/α,β-unsaturated/α-hetero) is 2. The van der Waals surface area contributed by atoms with Crippen LogP contribution in [0.25, 0.3) is 0 Å². The number of aliphatic hydroxyl groups is 2. The van der Waals surface area contributed by atoms with Crippen LogP contribution in [-0.2, 0) is 9.59 Å². The Morgan fingerprint density at radius 2 is 1.29 bits per heavy atom. The van der Waals surface area contributed by atoms with Crippen LogP contribution in [0.15, 0.2) is 0 Å². The topological polar surface area (TPSA) is 74.6 Å². The van der Waals surface area contributed by atoms with Gasteiger partial charge in [-0.1, -0.05) is 65.2 Å². The highest BCUT2D eigenvalue weighted by atomic mass is 35.5. The lowest BCUT2D eigenvalue weighted by Crippen LogP contribution is -2.50. The van der Waals surface area contributed by atoms with E-state index >= 15 is 0 Å². The standard InChI is InChI=1S/C19H35ClO4/c1-3-5-7-9-11-13-17(21)16(15-20)19(23,24)18(22)14-12-10-8-6-4-2/h16,23-24H,3-15H2,1-2H3. The summed E-state index contributed by atoms with van der Waals surface area (Å²) < 4.78 is 0. The summed E-state index contributed by atoms with van der Waals surface area (Å²) >= 11 is 5.76. The second kappa shape index (κ2) is 13.8. The molecule has 0 bridgehead atoms. The lowest BCUT2D eigenvalue weighted by Gasteiger charge is -2.27. The minimum atomic E-state index is -2.63. The van der Waals surface area contributed by atoms with Gasteiger partial charge in [-0.25, -0.2) is 0 Å². The van der Waals surface area contributed by atoms with Crippen LogP contribution in [0.1, 0.15) is 90.9 Å². The first-order chi connectivity index (χ1) is 11.4. The number of carbonyl (C=O) groups excluding carboxylic acids is 2. The van der Waals surface area contributed by atoms with Gasteiger partial charge in [-0.3, -0.25) is 9.59 Å². The molecule has 24 heavy (non-hydrogen) atoms. The first-order valence-corrected chi connectivity index (χ1v) is 10.0. The Labute approximate surface area is 152 Å². The van der Waals surface area contributed by atoms with Crippen molar-refractivity contribution in [3.8, 4) is 0 Å². The van der Waals surface area contributed by atoms with E-state index in [9.17, 15) is 19.8 Å². The molecule has 0 heterocycles. The molecule has 0 aromatic carbocycles. The molecular formula is C19H35ClO4. The van der Waals surface area contributed by atoms with Crippen molar-refractivity contribution in [2.24, 2.45) is 5.92 Å². The highest BCUT2D eigenvalue weighted by Gasteiger charge is 2.44. The van der Waals surface area contributed by atoms with Gasteiger partial charge in [-0.2, -0.15) is 0 Å². The van der Waals surface area contributed by atoms with E-state index in [0.717, 1.165) is 51.4 Å². The van der Waals surface area contributed by atoms with Crippen LogP contribution >= 0.6 is 11.6 Å². The average Bonchev–Trinajstić information content (AvgIpc) is 2.54. The van der Waals surface area contributed by atoms with E-state index in [-0.39, 0.29) is 24.5 Å². The zero-order valence-corrected chi connectivity index (χ0v) is 16.1. The summed E-state index contributed by atoms with van der Waals surface area (Å²) in [7, 11) is 0. The van der Waals surface area contributed by atoms with Crippen molar-refractivity contribution in [2.75, 3.05) is 5.88 Å². The molecule has 0 saturated heterocycles. The number of halogens is 1. The Morgan fingerprint density at radius 3 is 1.75 bits per heavy atom. The summed E-state index contributed by atoms with van der Waals surface area (Å²) in [5.74, 6) is -5.13. The number of carbonyl (C=O) groups is 2. The molecular weight excluding hydrogens is 328 g/mol. The minimum absolute atomic E-state index is 0.0773. The highest BCUT2D eigenvalue weighted by molar-refractivity contribution is 6.20. The summed E-state index contributed by atoms with van der Waals surface area (Å²) in [6, 6.07) is 0. The molecule has 5 heteroatoms. The molecule has 4 nitrogen and oxygen atoms in total. The van der Waals surface area contributed by atoms with Gasteiger partial charge in [0.1, 0.15) is 5.78 Å². The van der Waals surface area contributed by atoms with Crippen molar-refractivity contribution in [1.29, 1.82) is 0 Å². The van der Waals surface area contributed by atoms with E-state index in [1.165, 1.54) is 0 Å². The van der Waals surface area contributed by atoms with Crippen molar-refractivity contribution in [2.45, 2.75) is 96.7 Å². The monoisotopic (exact) mass is 362 g/mol. The number of rotatable bonds is 16. The van der Waals surface area contributed by atoms with Crippen LogP contribution in [0.4, 0.5) is 0 Å². The number of unbranched alkanes of at least 4 members (excludes halogenated alkanes) is 8. The molecule has 1 atom stereocenters. The zero-order chi connectivity index (χ0) is 18.4. The van der Waals surface area contributed by atoms with E-state index < -0.39 is 17.5 Å². The predicted octanol–water partition coefficient (Wildman–Crippen LogP) is 4.38. The molecule has 0 spiro atoms. The number of ketones is 2. The molecule has 142 valence electrons. The van der Waals surface area contributed by atoms with Crippen molar-refractivity contribution >= 4 is 23.2 Å². The Morgan fingerprint density at radius 1 is 0.833 bits per heavy atom. The van der Waals surface area contributed by atoms with Crippen LogP contribution in [0, 0.1) is 5.92 Å². The van der Waals surface area contributed by atoms with Gasteiger partial charge in [-0.05, 0) is 12.8 Å². The second-order valence-corrected chi connectivity index (χ2v) is 6.96. The van der Waals surface area contributed by atoms with Crippen LogP contribution in [-0.4, -0.2) is 33.4 Å². The van der Waals surface area contributed by atoms with E-state index in [1.54, 1.807) is 0 Å². The third kappa shape index (κ3) is 9.14. The van der Waals surface area contributed by atoms with E-state index in [0.29, 0.717) is 12.8 Å². The number of hydrogen-bond acceptors (Lipinski definition) is 4. The van der Waals surface area contributed by atoms with Gasteiger partial charge in [-0.15, -0.1) is 11.6 Å². The third-order valence-corrected chi connectivity index (χ3v) is 4.78. The van der Waals surface area contributed by atoms with Crippen LogP contribution in [0.5, 0.6) is 0 Å². The summed E-state index contributed by atoms with van der Waals surface area (Å²) in [5, 5.41) is 20.3. The van der Waals surface area contributed by atoms with Gasteiger partial charge in [0.2, 0.25) is 5.79 Å². The Bertz CT molecular complexity index is 355. The Kier molecular flexibility index (Phi) is 13.5. The normalized spacial score (nSPS) is 13.0. The van der Waals surface area contributed by atoms with Gasteiger partial charge < -0.3 is 10.2 Å². The molecule has 0 aliphatic carbocycles. The molecule has 0 aromatic heterocycles. The zero-order valence-electron chi connectivity index (χ0n) is 15.4. The van der Waals surface area contributed by atoms with Crippen molar-refractivity contribution in [3.63, 3.8) is 0 Å². The molecule has 0 aliphatic rings. The maximum Gasteiger partial charge on any atom is 0.235 e. The molecule has 2 N–H and O–H groups in total. The number of alkyl halides is 1. The van der Waals surface area contributed by atoms with E-state index in [1.807, 2.05) is 0 Å². The first kappa shape index (κ1) is 23.5. The molecule has 0 aliphatic heterocycles. The van der Waals surface area contributed by atoms with Gasteiger partial charge >= 0.3 is 0 Å². The summed E-state index contributed by atoms with van der Waals surface area (Å²) in [6.45, 7) is 4.23. The van der Waals surface area contributed by atoms with Crippen molar-refractivity contribution in [3.05, 3.63) is 0 Å². The molecule has 0 radical (unpaired) electrons. The lowest BCUT2D eigenvalue weighted by atomic mass is 9.88. The summed E-state index contributed by atoms with van der Waals surface area (Å²) in [4.78, 5) is 24.3. The fourth-order valence-electron chi connectivity index (χ4n) is 2.76. The summed E-state index contributed by atoms with van der Waals surface area (Å²) in [5.41, 5.74) is 0. The quantitative estimate of drug-likeness (QED) is 0.243. The van der Waals surface area contributed by atoms with Crippen LogP contribution in [0.2, 0.25) is 0 Å². The van der Waals surface area contributed by atoms with Gasteiger partial charge in [0.15, 0.2) is 5.78 Å². The highest BCUT2D eigenvalue weighted by Crippen LogP contribution is 2.24. The maximum absolute atomic E-state index is 12.2. The van der Waals surface area contributed by atoms with Crippen molar-refractivity contribution < 1.29 is 19.8 Å². The molecule has 0 amide bonds. The van der Waals surface area contributed by atoms with Crippen LogP contribution < -0.4 is 0 Å². The number of hydrogen-bond donors (Lipinski definition) is 2.